The lowest BCUT2D eigenvalue weighted by molar-refractivity contribution is -0.116. The van der Waals surface area contributed by atoms with Crippen molar-refractivity contribution in [2.75, 3.05) is 32.1 Å². The number of methoxy groups -OCH3 is 1. The van der Waals surface area contributed by atoms with Crippen molar-refractivity contribution in [1.82, 2.24) is 15.1 Å². The zero-order valence-electron chi connectivity index (χ0n) is 14.0. The number of rotatable bonds is 7. The fourth-order valence-corrected chi connectivity index (χ4v) is 2.98. The summed E-state index contributed by atoms with van der Waals surface area (Å²) in [5.74, 6) is 1.39. The molecule has 1 fully saturated rings. The van der Waals surface area contributed by atoms with Gasteiger partial charge in [-0.3, -0.25) is 9.89 Å². The number of likely N-dealkylation sites (tertiary alicyclic amines) is 1. The maximum atomic E-state index is 12.0. The van der Waals surface area contributed by atoms with Gasteiger partial charge < -0.3 is 15.0 Å². The van der Waals surface area contributed by atoms with Gasteiger partial charge in [-0.1, -0.05) is 0 Å². The molecule has 1 saturated heterocycles. The molecule has 24 heavy (non-hydrogen) atoms. The van der Waals surface area contributed by atoms with Crippen LogP contribution in [0.25, 0.3) is 11.3 Å². The van der Waals surface area contributed by atoms with Crippen LogP contribution in [0.3, 0.4) is 0 Å². The maximum Gasteiger partial charge on any atom is 0.225 e. The molecule has 0 atom stereocenters. The lowest BCUT2D eigenvalue weighted by atomic mass is 10.1. The van der Waals surface area contributed by atoms with E-state index in [1.807, 2.05) is 30.3 Å². The first-order valence-electron chi connectivity index (χ1n) is 8.46. The number of hydrogen-bond acceptors (Lipinski definition) is 4. The van der Waals surface area contributed by atoms with Gasteiger partial charge in [0, 0.05) is 12.5 Å². The van der Waals surface area contributed by atoms with Gasteiger partial charge in [-0.2, -0.15) is 5.10 Å². The summed E-state index contributed by atoms with van der Waals surface area (Å²) in [4.78, 5) is 14.4. The van der Waals surface area contributed by atoms with Crippen molar-refractivity contribution in [2.45, 2.75) is 25.7 Å². The Hall–Kier alpha value is -2.34. The fourth-order valence-electron chi connectivity index (χ4n) is 2.98. The van der Waals surface area contributed by atoms with Crippen LogP contribution in [0, 0.1) is 0 Å². The third kappa shape index (κ3) is 4.35. The van der Waals surface area contributed by atoms with Crippen LogP contribution in [0.2, 0.25) is 0 Å². The van der Waals surface area contributed by atoms with E-state index in [1.54, 1.807) is 7.11 Å². The van der Waals surface area contributed by atoms with Gasteiger partial charge in [-0.25, -0.2) is 0 Å². The molecular weight excluding hydrogens is 304 g/mol. The van der Waals surface area contributed by atoms with Crippen LogP contribution in [0.15, 0.2) is 30.3 Å². The van der Waals surface area contributed by atoms with E-state index in [4.69, 9.17) is 4.74 Å². The van der Waals surface area contributed by atoms with E-state index in [2.05, 4.69) is 20.4 Å². The van der Waals surface area contributed by atoms with Crippen molar-refractivity contribution in [3.63, 3.8) is 0 Å². The molecule has 6 nitrogen and oxygen atoms in total. The van der Waals surface area contributed by atoms with Crippen molar-refractivity contribution < 1.29 is 9.53 Å². The van der Waals surface area contributed by atoms with Crippen LogP contribution >= 0.6 is 0 Å². The number of H-pyrrole nitrogens is 1. The molecule has 0 saturated carbocycles. The number of hydrogen-bond donors (Lipinski definition) is 2. The number of aromatic amines is 1. The molecule has 1 aliphatic rings. The van der Waals surface area contributed by atoms with E-state index >= 15 is 0 Å². The Bertz CT molecular complexity index is 660. The highest BCUT2D eigenvalue weighted by atomic mass is 16.5. The van der Waals surface area contributed by atoms with Gasteiger partial charge in [0.25, 0.3) is 0 Å². The average Bonchev–Trinajstić information content (AvgIpc) is 3.27. The topological polar surface area (TPSA) is 70.2 Å². The van der Waals surface area contributed by atoms with Crippen molar-refractivity contribution in [1.29, 1.82) is 0 Å². The first-order valence-corrected chi connectivity index (χ1v) is 8.46. The van der Waals surface area contributed by atoms with E-state index in [0.717, 1.165) is 30.0 Å². The van der Waals surface area contributed by atoms with Gasteiger partial charge in [-0.15, -0.1) is 0 Å². The molecule has 2 heterocycles. The second kappa shape index (κ2) is 7.97. The molecule has 3 rings (SSSR count). The molecule has 0 radical (unpaired) electrons. The van der Waals surface area contributed by atoms with Crippen molar-refractivity contribution in [3.05, 3.63) is 30.3 Å². The highest BCUT2D eigenvalue weighted by Crippen LogP contribution is 2.22. The minimum absolute atomic E-state index is 0.0157. The number of benzene rings is 1. The molecule has 0 spiro atoms. The Morgan fingerprint density at radius 3 is 2.75 bits per heavy atom. The summed E-state index contributed by atoms with van der Waals surface area (Å²) in [7, 11) is 1.64. The summed E-state index contributed by atoms with van der Waals surface area (Å²) >= 11 is 0. The first kappa shape index (κ1) is 16.5. The molecule has 2 aromatic rings. The van der Waals surface area contributed by atoms with E-state index < -0.39 is 0 Å². The molecule has 0 aliphatic carbocycles. The number of anilines is 1. The number of amides is 1. The van der Waals surface area contributed by atoms with Crippen LogP contribution in [-0.2, 0) is 4.79 Å². The zero-order chi connectivity index (χ0) is 16.8. The molecule has 1 aromatic heterocycles. The largest absolute Gasteiger partial charge is 0.497 e. The Balaban J connectivity index is 1.48. The van der Waals surface area contributed by atoms with Crippen LogP contribution < -0.4 is 10.1 Å². The van der Waals surface area contributed by atoms with Gasteiger partial charge in [-0.05, 0) is 68.7 Å². The molecule has 1 amide bonds. The lowest BCUT2D eigenvalue weighted by Crippen LogP contribution is -2.22. The lowest BCUT2D eigenvalue weighted by Gasteiger charge is -2.13. The number of aromatic nitrogens is 2. The number of ether oxygens (including phenoxy) is 1. The predicted molar refractivity (Wildman–Crippen MR) is 94.1 cm³/mol. The SMILES string of the molecule is COc1ccc(-c2cc(NC(=O)CCCN3CCCC3)n[nH]2)cc1. The van der Waals surface area contributed by atoms with Gasteiger partial charge in [0.15, 0.2) is 5.82 Å². The summed E-state index contributed by atoms with van der Waals surface area (Å²) < 4.78 is 5.15. The molecule has 1 aliphatic heterocycles. The van der Waals surface area contributed by atoms with E-state index in [-0.39, 0.29) is 5.91 Å². The van der Waals surface area contributed by atoms with Crippen molar-refractivity contribution in [2.24, 2.45) is 0 Å². The van der Waals surface area contributed by atoms with E-state index in [1.165, 1.54) is 25.9 Å². The number of carbonyl (C=O) groups excluding carboxylic acids is 1. The molecule has 1 aromatic carbocycles. The van der Waals surface area contributed by atoms with E-state index in [0.29, 0.717) is 12.2 Å². The normalized spacial score (nSPS) is 14.7. The second-order valence-corrected chi connectivity index (χ2v) is 6.10. The van der Waals surface area contributed by atoms with Crippen LogP contribution in [0.4, 0.5) is 5.82 Å². The summed E-state index contributed by atoms with van der Waals surface area (Å²) in [5, 5.41) is 9.97. The quantitative estimate of drug-likeness (QED) is 0.820. The monoisotopic (exact) mass is 328 g/mol. The molecular formula is C18H24N4O2. The second-order valence-electron chi connectivity index (χ2n) is 6.10. The standard InChI is InChI=1S/C18H24N4O2/c1-24-15-8-6-14(7-9-15)16-13-17(21-20-16)19-18(23)5-4-12-22-10-2-3-11-22/h6-9,13H,2-5,10-12H2,1H3,(H2,19,20,21,23). The van der Waals surface area contributed by atoms with Crippen LogP contribution in [-0.4, -0.2) is 47.7 Å². The van der Waals surface area contributed by atoms with Gasteiger partial charge >= 0.3 is 0 Å². The summed E-state index contributed by atoms with van der Waals surface area (Å²) in [6, 6.07) is 9.54. The predicted octanol–water partition coefficient (Wildman–Crippen LogP) is 2.90. The van der Waals surface area contributed by atoms with Gasteiger partial charge in [0.05, 0.1) is 12.8 Å². The van der Waals surface area contributed by atoms with Gasteiger partial charge in [0.1, 0.15) is 5.75 Å². The van der Waals surface area contributed by atoms with Crippen molar-refractivity contribution >= 4 is 11.7 Å². The number of nitrogens with one attached hydrogen (secondary N) is 2. The minimum atomic E-state index is 0.0157. The number of nitrogens with zero attached hydrogens (tertiary/aromatic N) is 2. The van der Waals surface area contributed by atoms with Crippen LogP contribution in [0.5, 0.6) is 5.75 Å². The molecule has 0 unspecified atom stereocenters. The average molecular weight is 328 g/mol. The Morgan fingerprint density at radius 2 is 2.04 bits per heavy atom. The summed E-state index contributed by atoms with van der Waals surface area (Å²) in [6.07, 6.45) is 3.99. The third-order valence-corrected chi connectivity index (χ3v) is 4.32. The molecule has 128 valence electrons. The Labute approximate surface area is 142 Å². The van der Waals surface area contributed by atoms with Crippen molar-refractivity contribution in [3.8, 4) is 17.0 Å². The smallest absolute Gasteiger partial charge is 0.225 e. The van der Waals surface area contributed by atoms with Crippen LogP contribution in [0.1, 0.15) is 25.7 Å². The third-order valence-electron chi connectivity index (χ3n) is 4.32. The minimum Gasteiger partial charge on any atom is -0.497 e. The molecule has 0 bridgehead atoms. The van der Waals surface area contributed by atoms with E-state index in [9.17, 15) is 4.79 Å². The fraction of sp³-hybridized carbons (Fsp3) is 0.444. The van der Waals surface area contributed by atoms with Gasteiger partial charge in [0.2, 0.25) is 5.91 Å². The first-order chi connectivity index (χ1) is 11.7. The molecule has 2 N–H and O–H groups in total. The Morgan fingerprint density at radius 1 is 1.29 bits per heavy atom. The summed E-state index contributed by atoms with van der Waals surface area (Å²) in [6.45, 7) is 3.35. The Kier molecular flexibility index (Phi) is 5.48. The number of carbonyl (C=O) groups is 1. The highest BCUT2D eigenvalue weighted by Gasteiger charge is 2.12. The summed E-state index contributed by atoms with van der Waals surface area (Å²) in [5.41, 5.74) is 1.86. The molecule has 6 heteroatoms. The highest BCUT2D eigenvalue weighted by molar-refractivity contribution is 5.90. The zero-order valence-corrected chi connectivity index (χ0v) is 14.0. The maximum absolute atomic E-state index is 12.0.